The van der Waals surface area contributed by atoms with Crippen molar-refractivity contribution in [3.63, 3.8) is 0 Å². The van der Waals surface area contributed by atoms with Gasteiger partial charge in [0.05, 0.1) is 19.6 Å². The maximum absolute atomic E-state index is 11.9. The number of nitro groups is 1. The Labute approximate surface area is 190 Å². The molecule has 0 aliphatic heterocycles. The summed E-state index contributed by atoms with van der Waals surface area (Å²) in [6.07, 6.45) is 4.83. The van der Waals surface area contributed by atoms with E-state index in [9.17, 15) is 14.9 Å². The van der Waals surface area contributed by atoms with E-state index in [0.717, 1.165) is 35.3 Å². The summed E-state index contributed by atoms with van der Waals surface area (Å²) in [4.78, 5) is 23.1. The quantitative estimate of drug-likeness (QED) is 0.287. The second-order valence-electron chi connectivity index (χ2n) is 10.3. The van der Waals surface area contributed by atoms with Crippen molar-refractivity contribution in [2.75, 3.05) is 7.11 Å². The van der Waals surface area contributed by atoms with Gasteiger partial charge in [-0.2, -0.15) is 0 Å². The highest BCUT2D eigenvalue weighted by molar-refractivity contribution is 5.84. The molecule has 0 radical (unpaired) electrons. The van der Waals surface area contributed by atoms with Crippen LogP contribution in [-0.2, 0) is 15.1 Å². The van der Waals surface area contributed by atoms with E-state index in [4.69, 9.17) is 4.74 Å². The molecule has 3 rings (SSSR count). The van der Waals surface area contributed by atoms with E-state index in [-0.39, 0.29) is 23.9 Å². The summed E-state index contributed by atoms with van der Waals surface area (Å²) in [5.41, 5.74) is -0.433. The van der Waals surface area contributed by atoms with Crippen LogP contribution in [0.15, 0.2) is 36.4 Å². The van der Waals surface area contributed by atoms with Crippen molar-refractivity contribution >= 4 is 16.7 Å². The maximum Gasteiger partial charge on any atom is 0.305 e. The molecule has 1 unspecified atom stereocenters. The minimum atomic E-state index is -1.36. The van der Waals surface area contributed by atoms with Gasteiger partial charge in [0.25, 0.3) is 0 Å². The van der Waals surface area contributed by atoms with Crippen LogP contribution in [-0.4, -0.2) is 24.1 Å². The Morgan fingerprint density at radius 3 is 2.25 bits per heavy atom. The van der Waals surface area contributed by atoms with Crippen molar-refractivity contribution in [2.45, 2.75) is 77.9 Å². The van der Waals surface area contributed by atoms with Crippen LogP contribution in [0.5, 0.6) is 5.75 Å². The van der Waals surface area contributed by atoms with E-state index in [1.807, 2.05) is 30.3 Å². The second kappa shape index (κ2) is 9.47. The van der Waals surface area contributed by atoms with Gasteiger partial charge < -0.3 is 9.47 Å². The molecule has 0 spiro atoms. The minimum absolute atomic E-state index is 0.00372. The van der Waals surface area contributed by atoms with Crippen molar-refractivity contribution < 1.29 is 19.2 Å². The minimum Gasteiger partial charge on any atom is -0.490 e. The number of methoxy groups -OCH3 is 1. The summed E-state index contributed by atoms with van der Waals surface area (Å²) in [6, 6.07) is 11.4. The van der Waals surface area contributed by atoms with E-state index in [2.05, 4.69) is 25.5 Å². The third-order valence-corrected chi connectivity index (χ3v) is 7.08. The van der Waals surface area contributed by atoms with Crippen molar-refractivity contribution in [3.05, 3.63) is 52.1 Å². The van der Waals surface area contributed by atoms with Crippen LogP contribution in [0.2, 0.25) is 0 Å². The Kier molecular flexibility index (Phi) is 7.11. The van der Waals surface area contributed by atoms with Crippen LogP contribution in [0.25, 0.3) is 10.8 Å². The zero-order valence-electron chi connectivity index (χ0n) is 19.8. The average Bonchev–Trinajstić information content (AvgIpc) is 2.76. The predicted octanol–water partition coefficient (Wildman–Crippen LogP) is 6.27. The van der Waals surface area contributed by atoms with Gasteiger partial charge in [0, 0.05) is 23.8 Å². The molecule has 0 amide bonds. The lowest BCUT2D eigenvalue weighted by molar-refractivity contribution is -0.575. The lowest BCUT2D eigenvalue weighted by Crippen LogP contribution is -2.32. The highest BCUT2D eigenvalue weighted by Crippen LogP contribution is 2.39. The van der Waals surface area contributed by atoms with Crippen LogP contribution >= 0.6 is 0 Å². The van der Waals surface area contributed by atoms with E-state index >= 15 is 0 Å². The van der Waals surface area contributed by atoms with Gasteiger partial charge in [-0.05, 0) is 66.0 Å². The van der Waals surface area contributed by atoms with Crippen LogP contribution in [0.1, 0.15) is 71.8 Å². The number of rotatable bonds is 7. The molecule has 32 heavy (non-hydrogen) atoms. The molecule has 2 aromatic rings. The SMILES string of the molecule is COC(=O)CCC(C)(c1ccc2cc(OC3CCC(C(C)(C)C)CC3)ccc2c1)[N+](=O)[O-]. The molecule has 0 aromatic heterocycles. The molecule has 0 N–H and O–H groups in total. The van der Waals surface area contributed by atoms with Gasteiger partial charge in [0.1, 0.15) is 5.75 Å². The predicted molar refractivity (Wildman–Crippen MR) is 125 cm³/mol. The Morgan fingerprint density at radius 1 is 1.03 bits per heavy atom. The van der Waals surface area contributed by atoms with E-state index in [1.54, 1.807) is 13.0 Å². The van der Waals surface area contributed by atoms with Crippen LogP contribution in [0.4, 0.5) is 0 Å². The lowest BCUT2D eigenvalue weighted by Gasteiger charge is -2.37. The van der Waals surface area contributed by atoms with E-state index in [1.165, 1.54) is 20.0 Å². The molecule has 0 bridgehead atoms. The molecular weight excluding hydrogens is 406 g/mol. The highest BCUT2D eigenvalue weighted by atomic mass is 16.6. The molecule has 1 atom stereocenters. The Morgan fingerprint density at radius 2 is 1.66 bits per heavy atom. The van der Waals surface area contributed by atoms with Crippen LogP contribution < -0.4 is 4.74 Å². The molecule has 1 aliphatic rings. The Hall–Kier alpha value is -2.63. The molecular formula is C26H35NO5. The largest absolute Gasteiger partial charge is 0.490 e. The molecule has 1 aliphatic carbocycles. The van der Waals surface area contributed by atoms with Gasteiger partial charge in [-0.3, -0.25) is 14.9 Å². The van der Waals surface area contributed by atoms with Gasteiger partial charge in [0.15, 0.2) is 0 Å². The van der Waals surface area contributed by atoms with E-state index < -0.39 is 11.5 Å². The van der Waals surface area contributed by atoms with Crippen molar-refractivity contribution in [3.8, 4) is 5.75 Å². The van der Waals surface area contributed by atoms with Gasteiger partial charge >= 0.3 is 5.97 Å². The molecule has 1 saturated carbocycles. The first-order valence-electron chi connectivity index (χ1n) is 11.4. The van der Waals surface area contributed by atoms with Crippen LogP contribution in [0.3, 0.4) is 0 Å². The average molecular weight is 442 g/mol. The van der Waals surface area contributed by atoms with Crippen molar-refractivity contribution in [2.24, 2.45) is 11.3 Å². The van der Waals surface area contributed by atoms with Gasteiger partial charge in [-0.1, -0.05) is 39.0 Å². The first kappa shape index (κ1) is 24.0. The number of carbonyl (C=O) groups is 1. The zero-order valence-corrected chi connectivity index (χ0v) is 19.8. The van der Waals surface area contributed by atoms with Gasteiger partial charge in [-0.25, -0.2) is 0 Å². The van der Waals surface area contributed by atoms with Gasteiger partial charge in [0.2, 0.25) is 5.54 Å². The molecule has 0 heterocycles. The summed E-state index contributed by atoms with van der Waals surface area (Å²) in [5, 5.41) is 13.7. The number of nitrogens with zero attached hydrogens (tertiary/aromatic N) is 1. The second-order valence-corrected chi connectivity index (χ2v) is 10.3. The molecule has 6 nitrogen and oxygen atoms in total. The standard InChI is InChI=1S/C26H35NO5/c1-25(2,3)20-9-12-22(13-10-20)32-23-11-7-18-16-21(8-6-19(18)17-23)26(4,27(29)30)15-14-24(28)31-5/h6-8,11,16-17,20,22H,9-10,12-15H2,1-5H3. The first-order valence-corrected chi connectivity index (χ1v) is 11.4. The number of hydrogen-bond donors (Lipinski definition) is 0. The fourth-order valence-corrected chi connectivity index (χ4v) is 4.66. The number of benzene rings is 2. The molecule has 174 valence electrons. The van der Waals surface area contributed by atoms with Gasteiger partial charge in [-0.15, -0.1) is 0 Å². The fraction of sp³-hybridized carbons (Fsp3) is 0.577. The zero-order chi connectivity index (χ0) is 23.5. The molecule has 1 fully saturated rings. The Balaban J connectivity index is 1.73. The summed E-state index contributed by atoms with van der Waals surface area (Å²) in [7, 11) is 1.29. The summed E-state index contributed by atoms with van der Waals surface area (Å²) in [6.45, 7) is 8.50. The topological polar surface area (TPSA) is 78.7 Å². The van der Waals surface area contributed by atoms with Crippen molar-refractivity contribution in [1.29, 1.82) is 0 Å². The molecule has 2 aromatic carbocycles. The van der Waals surface area contributed by atoms with Crippen molar-refractivity contribution in [1.82, 2.24) is 0 Å². The van der Waals surface area contributed by atoms with Crippen LogP contribution in [0, 0.1) is 21.4 Å². The third-order valence-electron chi connectivity index (χ3n) is 7.08. The number of carbonyl (C=O) groups excluding carboxylic acids is 1. The first-order chi connectivity index (χ1) is 15.0. The highest BCUT2D eigenvalue weighted by Gasteiger charge is 2.40. The summed E-state index contributed by atoms with van der Waals surface area (Å²) < 4.78 is 10.9. The molecule has 0 saturated heterocycles. The number of esters is 1. The molecule has 6 heteroatoms. The normalized spacial score (nSPS) is 21.0. The maximum atomic E-state index is 11.9. The smallest absolute Gasteiger partial charge is 0.305 e. The third kappa shape index (κ3) is 5.40. The number of hydrogen-bond acceptors (Lipinski definition) is 5. The number of ether oxygens (including phenoxy) is 2. The Bertz CT molecular complexity index is 972. The van der Waals surface area contributed by atoms with E-state index in [0.29, 0.717) is 11.0 Å². The summed E-state index contributed by atoms with van der Waals surface area (Å²) >= 11 is 0. The lowest BCUT2D eigenvalue weighted by atomic mass is 9.72. The number of fused-ring (bicyclic) bond motifs is 1. The monoisotopic (exact) mass is 441 g/mol. The summed E-state index contributed by atoms with van der Waals surface area (Å²) in [5.74, 6) is 1.14. The fourth-order valence-electron chi connectivity index (χ4n) is 4.66.